The highest BCUT2D eigenvalue weighted by Gasteiger charge is 2.29. The topological polar surface area (TPSA) is 29.5 Å². The van der Waals surface area contributed by atoms with Crippen LogP contribution in [0, 0.1) is 0 Å². The van der Waals surface area contributed by atoms with Gasteiger partial charge in [-0.1, -0.05) is 13.0 Å². The van der Waals surface area contributed by atoms with Crippen LogP contribution < -0.4 is 0 Å². The Hall–Kier alpha value is -1.39. The summed E-state index contributed by atoms with van der Waals surface area (Å²) in [5, 5.41) is 4.85. The molecule has 1 heterocycles. The van der Waals surface area contributed by atoms with Crippen LogP contribution in [0.3, 0.4) is 0 Å². The van der Waals surface area contributed by atoms with Gasteiger partial charge in [0.15, 0.2) is 0 Å². The Bertz CT molecular complexity index is 589. The zero-order chi connectivity index (χ0) is 13.2. The number of aryl methyl sites for hydroxylation is 1. The molecule has 0 atom stereocenters. The van der Waals surface area contributed by atoms with Crippen LogP contribution in [0.4, 0.5) is 0 Å². The van der Waals surface area contributed by atoms with Gasteiger partial charge in [0.25, 0.3) is 0 Å². The highest BCUT2D eigenvalue weighted by Crippen LogP contribution is 2.30. The summed E-state index contributed by atoms with van der Waals surface area (Å²) in [6.45, 7) is 2.63. The van der Waals surface area contributed by atoms with E-state index in [4.69, 9.17) is 4.84 Å². The van der Waals surface area contributed by atoms with Gasteiger partial charge in [-0.2, -0.15) is 0 Å². The van der Waals surface area contributed by atoms with Crippen molar-refractivity contribution < 1.29 is 9.63 Å². The molecule has 0 bridgehead atoms. The zero-order valence-corrected chi connectivity index (χ0v) is 11.8. The predicted octanol–water partition coefficient (Wildman–Crippen LogP) is 3.52. The van der Waals surface area contributed by atoms with Gasteiger partial charge < -0.3 is 0 Å². The van der Waals surface area contributed by atoms with E-state index in [-0.39, 0.29) is 0 Å². The summed E-state index contributed by atoms with van der Waals surface area (Å²) in [4.78, 5) is 16.5. The van der Waals surface area contributed by atoms with E-state index in [2.05, 4.69) is 30.5 Å². The molecule has 0 spiro atoms. The highest BCUT2D eigenvalue weighted by molar-refractivity contribution is 7.17. The maximum Gasteiger partial charge on any atom is 0.233 e. The van der Waals surface area contributed by atoms with E-state index in [0.717, 1.165) is 25.7 Å². The molecule has 19 heavy (non-hydrogen) atoms. The predicted molar refractivity (Wildman–Crippen MR) is 76.9 cm³/mol. The van der Waals surface area contributed by atoms with Crippen molar-refractivity contribution in [3.63, 3.8) is 0 Å². The van der Waals surface area contributed by atoms with E-state index in [1.54, 1.807) is 11.3 Å². The van der Waals surface area contributed by atoms with E-state index in [0.29, 0.717) is 12.6 Å². The van der Waals surface area contributed by atoms with Crippen LogP contribution in [0.5, 0.6) is 0 Å². The third kappa shape index (κ3) is 2.65. The first-order valence-corrected chi connectivity index (χ1v) is 7.55. The standard InChI is InChI=1S/C15H17NO2S/c1-2-11-3-6-15-14(7-11)12(9-19-15)8-18-16(10-17)13-4-5-13/h3,6-7,9-10,13H,2,4-5,8H2,1H3. The van der Waals surface area contributed by atoms with Crippen LogP contribution in [0.25, 0.3) is 10.1 Å². The summed E-state index contributed by atoms with van der Waals surface area (Å²) in [7, 11) is 0. The van der Waals surface area contributed by atoms with Crippen LogP contribution in [-0.4, -0.2) is 17.5 Å². The molecule has 1 aromatic carbocycles. The molecule has 0 saturated heterocycles. The van der Waals surface area contributed by atoms with Crippen molar-refractivity contribution in [2.45, 2.75) is 38.8 Å². The lowest BCUT2D eigenvalue weighted by Gasteiger charge is -2.15. The van der Waals surface area contributed by atoms with E-state index >= 15 is 0 Å². The van der Waals surface area contributed by atoms with Gasteiger partial charge in [0.2, 0.25) is 6.41 Å². The first-order valence-electron chi connectivity index (χ1n) is 6.67. The van der Waals surface area contributed by atoms with Crippen molar-refractivity contribution in [3.8, 4) is 0 Å². The minimum Gasteiger partial charge on any atom is -0.276 e. The van der Waals surface area contributed by atoms with Gasteiger partial charge >= 0.3 is 0 Å². The van der Waals surface area contributed by atoms with Gasteiger partial charge in [-0.15, -0.1) is 11.3 Å². The van der Waals surface area contributed by atoms with Gasteiger partial charge in [-0.05, 0) is 53.3 Å². The number of nitrogens with zero attached hydrogens (tertiary/aromatic N) is 1. The number of thiophene rings is 1. The molecule has 0 N–H and O–H groups in total. The molecule has 2 aromatic rings. The second kappa shape index (κ2) is 5.31. The van der Waals surface area contributed by atoms with E-state index < -0.39 is 0 Å². The SMILES string of the molecule is CCc1ccc2scc(CON(C=O)C3CC3)c2c1. The number of fused-ring (bicyclic) bond motifs is 1. The summed E-state index contributed by atoms with van der Waals surface area (Å²) in [6, 6.07) is 6.87. The van der Waals surface area contributed by atoms with Gasteiger partial charge in [0, 0.05) is 4.70 Å². The minimum absolute atomic E-state index is 0.300. The van der Waals surface area contributed by atoms with Crippen molar-refractivity contribution in [1.29, 1.82) is 0 Å². The molecule has 0 aliphatic heterocycles. The molecule has 100 valence electrons. The van der Waals surface area contributed by atoms with Gasteiger partial charge in [0.1, 0.15) is 6.61 Å². The van der Waals surface area contributed by atoms with E-state index in [1.807, 2.05) is 0 Å². The fourth-order valence-electron chi connectivity index (χ4n) is 2.16. The molecule has 0 unspecified atom stereocenters. The van der Waals surface area contributed by atoms with Gasteiger partial charge in [0.05, 0.1) is 6.04 Å². The molecule has 3 rings (SSSR count). The quantitative estimate of drug-likeness (QED) is 0.596. The maximum absolute atomic E-state index is 10.9. The fraction of sp³-hybridized carbons (Fsp3) is 0.400. The third-order valence-electron chi connectivity index (χ3n) is 3.51. The van der Waals surface area contributed by atoms with Gasteiger partial charge in [-0.25, -0.2) is 5.06 Å². The minimum atomic E-state index is 0.300. The normalized spacial score (nSPS) is 14.8. The Morgan fingerprint density at radius 1 is 1.47 bits per heavy atom. The van der Waals surface area contributed by atoms with Crippen molar-refractivity contribution in [2.75, 3.05) is 0 Å². The summed E-state index contributed by atoms with van der Waals surface area (Å²) in [5.41, 5.74) is 2.50. The number of carbonyl (C=O) groups excluding carboxylic acids is 1. The molecule has 4 heteroatoms. The van der Waals surface area contributed by atoms with Crippen molar-refractivity contribution in [2.24, 2.45) is 0 Å². The molecule has 0 radical (unpaired) electrons. The number of rotatable bonds is 6. The molecule has 3 nitrogen and oxygen atoms in total. The lowest BCUT2D eigenvalue weighted by atomic mass is 10.1. The molecule has 1 aromatic heterocycles. The second-order valence-electron chi connectivity index (χ2n) is 4.91. The lowest BCUT2D eigenvalue weighted by molar-refractivity contribution is -0.180. The molecular weight excluding hydrogens is 258 g/mol. The average Bonchev–Trinajstić information content (AvgIpc) is 3.20. The molecule has 1 saturated carbocycles. The largest absolute Gasteiger partial charge is 0.276 e. The summed E-state index contributed by atoms with van der Waals surface area (Å²) in [5.74, 6) is 0. The number of hydrogen-bond donors (Lipinski definition) is 0. The van der Waals surface area contributed by atoms with Crippen molar-refractivity contribution >= 4 is 27.8 Å². The number of hydrogen-bond acceptors (Lipinski definition) is 3. The van der Waals surface area contributed by atoms with Crippen molar-refractivity contribution in [1.82, 2.24) is 5.06 Å². The fourth-order valence-corrected chi connectivity index (χ4v) is 3.08. The Kier molecular flexibility index (Phi) is 3.53. The Morgan fingerprint density at radius 2 is 2.32 bits per heavy atom. The Labute approximate surface area is 116 Å². The molecule has 1 aliphatic carbocycles. The van der Waals surface area contributed by atoms with Crippen molar-refractivity contribution in [3.05, 3.63) is 34.7 Å². The summed E-state index contributed by atoms with van der Waals surface area (Å²) < 4.78 is 1.28. The van der Waals surface area contributed by atoms with Crippen LogP contribution in [0.15, 0.2) is 23.6 Å². The zero-order valence-electron chi connectivity index (χ0n) is 11.0. The van der Waals surface area contributed by atoms with Crippen LogP contribution in [0.2, 0.25) is 0 Å². The van der Waals surface area contributed by atoms with Gasteiger partial charge in [-0.3, -0.25) is 9.63 Å². The number of amides is 1. The Morgan fingerprint density at radius 3 is 3.00 bits per heavy atom. The molecule has 1 aliphatic rings. The highest BCUT2D eigenvalue weighted by atomic mass is 32.1. The average molecular weight is 275 g/mol. The molecule has 1 fully saturated rings. The first kappa shape index (κ1) is 12.6. The lowest BCUT2D eigenvalue weighted by Crippen LogP contribution is -2.24. The van der Waals surface area contributed by atoms with Crippen LogP contribution in [-0.2, 0) is 22.7 Å². The molecule has 1 amide bonds. The molecular formula is C15H17NO2S. The summed E-state index contributed by atoms with van der Waals surface area (Å²) >= 11 is 1.73. The summed E-state index contributed by atoms with van der Waals surface area (Å²) in [6.07, 6.45) is 3.95. The Balaban J connectivity index is 1.78. The van der Waals surface area contributed by atoms with E-state index in [9.17, 15) is 4.79 Å². The monoisotopic (exact) mass is 275 g/mol. The third-order valence-corrected chi connectivity index (χ3v) is 4.52. The first-order chi connectivity index (χ1) is 9.31. The number of hydroxylamine groups is 2. The number of benzene rings is 1. The second-order valence-corrected chi connectivity index (χ2v) is 5.83. The maximum atomic E-state index is 10.9. The number of carbonyl (C=O) groups is 1. The van der Waals surface area contributed by atoms with E-state index in [1.165, 1.54) is 26.3 Å². The van der Waals surface area contributed by atoms with Crippen LogP contribution >= 0.6 is 11.3 Å². The smallest absolute Gasteiger partial charge is 0.233 e. The van der Waals surface area contributed by atoms with Crippen LogP contribution in [0.1, 0.15) is 30.9 Å².